The Labute approximate surface area is 204 Å². The number of nitrogens with one attached hydrogen (secondary N) is 1. The van der Waals surface area contributed by atoms with Crippen molar-refractivity contribution in [2.75, 3.05) is 6.61 Å². The van der Waals surface area contributed by atoms with Crippen LogP contribution in [0.25, 0.3) is 0 Å². The van der Waals surface area contributed by atoms with Crippen LogP contribution in [0.15, 0.2) is 77.7 Å². The largest absolute Gasteiger partial charge is 0.405 e. The van der Waals surface area contributed by atoms with E-state index in [0.29, 0.717) is 0 Å². The van der Waals surface area contributed by atoms with Gasteiger partial charge in [-0.2, -0.15) is 0 Å². The van der Waals surface area contributed by atoms with Crippen molar-refractivity contribution in [1.82, 2.24) is 9.55 Å². The molecule has 0 spiro atoms. The van der Waals surface area contributed by atoms with E-state index in [0.717, 1.165) is 10.4 Å². The topological polar surface area (TPSA) is 96.7 Å². The number of nitrogens with zero attached hydrogens (tertiary/aromatic N) is 1. The lowest BCUT2D eigenvalue weighted by Gasteiger charge is -2.43. The molecule has 7 nitrogen and oxygen atoms in total. The van der Waals surface area contributed by atoms with E-state index in [2.05, 4.69) is 50.0 Å². The fourth-order valence-corrected chi connectivity index (χ4v) is 9.41. The van der Waals surface area contributed by atoms with Gasteiger partial charge in [-0.1, -0.05) is 93.7 Å². The predicted octanol–water partition coefficient (Wildman–Crippen LogP) is 2.10. The second-order valence-corrected chi connectivity index (χ2v) is 14.3. The van der Waals surface area contributed by atoms with E-state index in [1.807, 2.05) is 36.4 Å². The quantitative estimate of drug-likeness (QED) is 0.356. The first kappa shape index (κ1) is 24.7. The fraction of sp³-hybridized carbons (Fsp3) is 0.360. The van der Waals surface area contributed by atoms with Gasteiger partial charge in [0.25, 0.3) is 8.32 Å². The van der Waals surface area contributed by atoms with Gasteiger partial charge in [0.1, 0.15) is 23.0 Å². The number of rotatable bonds is 6. The van der Waals surface area contributed by atoms with Gasteiger partial charge >= 0.3 is 5.69 Å². The Bertz CT molecular complexity index is 1190. The first-order valence-electron chi connectivity index (χ1n) is 11.2. The Morgan fingerprint density at radius 1 is 1.00 bits per heavy atom. The van der Waals surface area contributed by atoms with Crippen molar-refractivity contribution in [3.05, 3.63) is 88.1 Å². The molecule has 1 aliphatic heterocycles. The van der Waals surface area contributed by atoms with Crippen molar-refractivity contribution in [2.45, 2.75) is 50.3 Å². The molecular formula is C25H30N2O5SSi. The van der Waals surface area contributed by atoms with E-state index >= 15 is 0 Å². The van der Waals surface area contributed by atoms with Gasteiger partial charge in [0.05, 0.1) is 6.61 Å². The summed E-state index contributed by atoms with van der Waals surface area (Å²) >= 11 is 4.98. The van der Waals surface area contributed by atoms with Gasteiger partial charge in [0.15, 0.2) is 6.23 Å². The van der Waals surface area contributed by atoms with Crippen molar-refractivity contribution in [3.63, 3.8) is 0 Å². The maximum Gasteiger partial charge on any atom is 0.328 e. The lowest BCUT2D eigenvalue weighted by Crippen LogP contribution is -2.67. The van der Waals surface area contributed by atoms with Crippen LogP contribution in [-0.4, -0.2) is 53.0 Å². The summed E-state index contributed by atoms with van der Waals surface area (Å²) < 4.78 is 14.3. The standard InChI is InChI=1S/C25H30N2O5SSi/c1-25(2,3)34(17-10-6-4-7-11-17,18-12-8-5-9-13-18)31-16-19-21(28)22(29)23(32-19)27-15-14-20(33)26-24(27)30/h4-15,19,21-23,28-29H,16H2,1-3H3,(H,26,30,33)/t19-,21-,22-,23-/m1/s1. The molecule has 0 amide bonds. The Hall–Kier alpha value is -2.40. The number of aliphatic hydroxyl groups excluding tert-OH is 2. The van der Waals surface area contributed by atoms with E-state index < -0.39 is 38.5 Å². The van der Waals surface area contributed by atoms with E-state index in [4.69, 9.17) is 21.4 Å². The van der Waals surface area contributed by atoms with Crippen molar-refractivity contribution in [2.24, 2.45) is 0 Å². The Morgan fingerprint density at radius 3 is 2.06 bits per heavy atom. The third-order valence-corrected chi connectivity index (χ3v) is 11.6. The lowest BCUT2D eigenvalue weighted by atomic mass is 10.1. The highest BCUT2D eigenvalue weighted by Crippen LogP contribution is 2.38. The molecule has 180 valence electrons. The van der Waals surface area contributed by atoms with E-state index in [-0.39, 0.29) is 16.3 Å². The SMILES string of the molecule is CC(C)(C)[Si](OC[C@H]1O[C@@H](n2ccc(=S)[nH]c2=O)[C@H](O)[C@@H]1O)(c1ccccc1)c1ccccc1. The molecule has 1 fully saturated rings. The molecule has 1 aromatic heterocycles. The Kier molecular flexibility index (Phi) is 7.04. The maximum absolute atomic E-state index is 12.3. The average molecular weight is 499 g/mol. The molecule has 9 heteroatoms. The predicted molar refractivity (Wildman–Crippen MR) is 135 cm³/mol. The van der Waals surface area contributed by atoms with Crippen LogP contribution in [0, 0.1) is 4.64 Å². The van der Waals surface area contributed by atoms with Gasteiger partial charge in [0.2, 0.25) is 0 Å². The zero-order valence-electron chi connectivity index (χ0n) is 19.4. The molecular weight excluding hydrogens is 468 g/mol. The van der Waals surface area contributed by atoms with Crippen molar-refractivity contribution in [1.29, 1.82) is 0 Å². The number of hydrogen-bond acceptors (Lipinski definition) is 6. The summed E-state index contributed by atoms with van der Waals surface area (Å²) in [5, 5.41) is 23.4. The van der Waals surface area contributed by atoms with Crippen LogP contribution in [0.1, 0.15) is 27.0 Å². The number of ether oxygens (including phenoxy) is 1. The van der Waals surface area contributed by atoms with Gasteiger partial charge in [-0.15, -0.1) is 0 Å². The summed E-state index contributed by atoms with van der Waals surface area (Å²) in [6, 6.07) is 21.8. The number of H-pyrrole nitrogens is 1. The number of benzene rings is 2. The van der Waals surface area contributed by atoms with Crippen LogP contribution in [0.3, 0.4) is 0 Å². The second kappa shape index (κ2) is 9.69. The van der Waals surface area contributed by atoms with Crippen molar-refractivity contribution < 1.29 is 19.4 Å². The third kappa shape index (κ3) is 4.47. The molecule has 1 aliphatic rings. The average Bonchev–Trinajstić information content (AvgIpc) is 3.08. The van der Waals surface area contributed by atoms with Gasteiger partial charge in [-0.3, -0.25) is 9.55 Å². The number of hydrogen-bond donors (Lipinski definition) is 3. The summed E-state index contributed by atoms with van der Waals surface area (Å²) in [6.07, 6.45) is -2.94. The molecule has 0 bridgehead atoms. The molecule has 3 aromatic rings. The first-order chi connectivity index (χ1) is 16.1. The Morgan fingerprint density at radius 2 is 1.56 bits per heavy atom. The lowest BCUT2D eigenvalue weighted by molar-refractivity contribution is -0.0527. The van der Waals surface area contributed by atoms with Gasteiger partial charge in [0, 0.05) is 6.20 Å². The van der Waals surface area contributed by atoms with Crippen molar-refractivity contribution >= 4 is 30.9 Å². The zero-order valence-corrected chi connectivity index (χ0v) is 21.2. The number of aliphatic hydroxyl groups is 2. The van der Waals surface area contributed by atoms with Gasteiger partial charge < -0.3 is 19.4 Å². The van der Waals surface area contributed by atoms with Crippen LogP contribution >= 0.6 is 12.2 Å². The number of aromatic nitrogens is 2. The monoisotopic (exact) mass is 498 g/mol. The highest BCUT2D eigenvalue weighted by Gasteiger charge is 2.52. The molecule has 2 aromatic carbocycles. The molecule has 4 atom stereocenters. The maximum atomic E-state index is 12.3. The molecule has 0 radical (unpaired) electrons. The molecule has 1 saturated heterocycles. The summed E-state index contributed by atoms with van der Waals surface area (Å²) in [7, 11) is -2.85. The van der Waals surface area contributed by atoms with Crippen LogP contribution in [-0.2, 0) is 9.16 Å². The highest BCUT2D eigenvalue weighted by atomic mass is 32.1. The minimum Gasteiger partial charge on any atom is -0.405 e. The number of aromatic amines is 1. The third-order valence-electron chi connectivity index (χ3n) is 6.34. The van der Waals surface area contributed by atoms with E-state index in [1.54, 1.807) is 0 Å². The summed E-state index contributed by atoms with van der Waals surface area (Å²) in [4.78, 5) is 14.9. The molecule has 0 unspecified atom stereocenters. The Balaban J connectivity index is 1.68. The molecule has 34 heavy (non-hydrogen) atoms. The van der Waals surface area contributed by atoms with Crippen LogP contribution in [0.5, 0.6) is 0 Å². The molecule has 2 heterocycles. The van der Waals surface area contributed by atoms with Gasteiger partial charge in [-0.25, -0.2) is 4.79 Å². The zero-order chi connectivity index (χ0) is 24.5. The molecule has 0 aliphatic carbocycles. The second-order valence-electron chi connectivity index (χ2n) is 9.54. The molecule has 0 saturated carbocycles. The summed E-state index contributed by atoms with van der Waals surface area (Å²) in [5.41, 5.74) is -0.516. The fourth-order valence-electron chi connectivity index (χ4n) is 4.69. The van der Waals surface area contributed by atoms with Crippen molar-refractivity contribution in [3.8, 4) is 0 Å². The smallest absolute Gasteiger partial charge is 0.328 e. The van der Waals surface area contributed by atoms with Gasteiger partial charge in [-0.05, 0) is 21.5 Å². The van der Waals surface area contributed by atoms with E-state index in [1.165, 1.54) is 16.8 Å². The highest BCUT2D eigenvalue weighted by molar-refractivity contribution is 7.71. The van der Waals surface area contributed by atoms with Crippen LogP contribution < -0.4 is 16.1 Å². The first-order valence-corrected chi connectivity index (χ1v) is 13.5. The molecule has 3 N–H and O–H groups in total. The summed E-state index contributed by atoms with van der Waals surface area (Å²) in [5.74, 6) is 0. The van der Waals surface area contributed by atoms with Crippen LogP contribution in [0.4, 0.5) is 0 Å². The van der Waals surface area contributed by atoms with Crippen LogP contribution in [0.2, 0.25) is 5.04 Å². The minimum absolute atomic E-state index is 0.0552. The van der Waals surface area contributed by atoms with E-state index in [9.17, 15) is 15.0 Å². The normalized spacial score (nSPS) is 23.2. The molecule has 4 rings (SSSR count). The minimum atomic E-state index is -2.85. The summed E-state index contributed by atoms with van der Waals surface area (Å²) in [6.45, 7) is 6.54.